The smallest absolute Gasteiger partial charge is 0.0624 e. The zero-order valence-electron chi connectivity index (χ0n) is 12.5. The van der Waals surface area contributed by atoms with Gasteiger partial charge in [0.05, 0.1) is 5.69 Å². The molecule has 1 heterocycles. The van der Waals surface area contributed by atoms with E-state index in [1.165, 1.54) is 11.3 Å². The van der Waals surface area contributed by atoms with Gasteiger partial charge in [-0.3, -0.25) is 4.68 Å². The standard InChI is InChI=1S/C17H25N3/c1-3-16-13-17(20(4-2)19-16)12-15(18)11-10-14-8-6-5-7-9-14/h5-9,13,15H,3-4,10-12,18H2,1-2H3. The van der Waals surface area contributed by atoms with E-state index in [1.807, 2.05) is 0 Å². The molecule has 0 saturated carbocycles. The molecule has 0 aliphatic carbocycles. The average molecular weight is 271 g/mol. The molecule has 0 fully saturated rings. The van der Waals surface area contributed by atoms with E-state index in [1.54, 1.807) is 0 Å². The first-order valence-electron chi connectivity index (χ1n) is 7.58. The molecule has 20 heavy (non-hydrogen) atoms. The number of rotatable bonds is 7. The van der Waals surface area contributed by atoms with Gasteiger partial charge in [0.2, 0.25) is 0 Å². The minimum absolute atomic E-state index is 0.196. The van der Waals surface area contributed by atoms with E-state index in [0.29, 0.717) is 0 Å². The van der Waals surface area contributed by atoms with Gasteiger partial charge < -0.3 is 5.73 Å². The maximum Gasteiger partial charge on any atom is 0.0624 e. The topological polar surface area (TPSA) is 43.8 Å². The number of nitrogens with two attached hydrogens (primary N) is 1. The summed E-state index contributed by atoms with van der Waals surface area (Å²) in [5.74, 6) is 0. The fraction of sp³-hybridized carbons (Fsp3) is 0.471. The van der Waals surface area contributed by atoms with Gasteiger partial charge in [-0.1, -0.05) is 37.3 Å². The van der Waals surface area contributed by atoms with Gasteiger partial charge in [-0.15, -0.1) is 0 Å². The lowest BCUT2D eigenvalue weighted by atomic mass is 10.0. The fourth-order valence-electron chi connectivity index (χ4n) is 2.49. The molecular formula is C17H25N3. The Labute approximate surface area is 121 Å². The second-order valence-corrected chi connectivity index (χ2v) is 5.28. The van der Waals surface area contributed by atoms with Crippen LogP contribution >= 0.6 is 0 Å². The predicted molar refractivity (Wildman–Crippen MR) is 83.7 cm³/mol. The molecular weight excluding hydrogens is 246 g/mol. The van der Waals surface area contributed by atoms with Gasteiger partial charge in [0.15, 0.2) is 0 Å². The van der Waals surface area contributed by atoms with E-state index < -0.39 is 0 Å². The van der Waals surface area contributed by atoms with Crippen molar-refractivity contribution in [1.82, 2.24) is 9.78 Å². The molecule has 0 spiro atoms. The number of nitrogens with zero attached hydrogens (tertiary/aromatic N) is 2. The SMILES string of the molecule is CCc1cc(CC(N)CCc2ccccc2)n(CC)n1. The summed E-state index contributed by atoms with van der Waals surface area (Å²) in [4.78, 5) is 0. The van der Waals surface area contributed by atoms with E-state index in [2.05, 4.69) is 60.0 Å². The largest absolute Gasteiger partial charge is 0.327 e. The van der Waals surface area contributed by atoms with Crippen molar-refractivity contribution in [2.24, 2.45) is 5.73 Å². The molecule has 0 aliphatic rings. The lowest BCUT2D eigenvalue weighted by Crippen LogP contribution is -2.25. The van der Waals surface area contributed by atoms with E-state index in [9.17, 15) is 0 Å². The Kier molecular flexibility index (Phi) is 5.36. The Balaban J connectivity index is 1.91. The summed E-state index contributed by atoms with van der Waals surface area (Å²) in [6.07, 6.45) is 3.95. The first-order valence-corrected chi connectivity index (χ1v) is 7.58. The quantitative estimate of drug-likeness (QED) is 0.841. The highest BCUT2D eigenvalue weighted by molar-refractivity contribution is 5.15. The Bertz CT molecular complexity index is 516. The van der Waals surface area contributed by atoms with Crippen LogP contribution < -0.4 is 5.73 Å². The van der Waals surface area contributed by atoms with Gasteiger partial charge in [-0.05, 0) is 37.8 Å². The van der Waals surface area contributed by atoms with Crippen LogP contribution in [0.5, 0.6) is 0 Å². The van der Waals surface area contributed by atoms with Crippen LogP contribution in [0.1, 0.15) is 37.2 Å². The summed E-state index contributed by atoms with van der Waals surface area (Å²) >= 11 is 0. The third-order valence-electron chi connectivity index (χ3n) is 3.69. The Hall–Kier alpha value is -1.61. The van der Waals surface area contributed by atoms with E-state index >= 15 is 0 Å². The van der Waals surface area contributed by atoms with Crippen molar-refractivity contribution in [3.63, 3.8) is 0 Å². The van der Waals surface area contributed by atoms with Crippen molar-refractivity contribution < 1.29 is 0 Å². The molecule has 1 aromatic carbocycles. The molecule has 2 aromatic rings. The fourth-order valence-corrected chi connectivity index (χ4v) is 2.49. The third kappa shape index (κ3) is 3.94. The third-order valence-corrected chi connectivity index (χ3v) is 3.69. The molecule has 3 heteroatoms. The maximum atomic E-state index is 6.29. The van der Waals surface area contributed by atoms with E-state index in [4.69, 9.17) is 5.73 Å². The van der Waals surface area contributed by atoms with Crippen molar-refractivity contribution in [2.45, 2.75) is 52.1 Å². The average Bonchev–Trinajstić information content (AvgIpc) is 2.88. The van der Waals surface area contributed by atoms with Crippen LogP contribution in [0, 0.1) is 0 Å². The zero-order chi connectivity index (χ0) is 14.4. The van der Waals surface area contributed by atoms with Gasteiger partial charge in [-0.2, -0.15) is 5.10 Å². The molecule has 1 atom stereocenters. The second-order valence-electron chi connectivity index (χ2n) is 5.28. The second kappa shape index (κ2) is 7.25. The highest BCUT2D eigenvalue weighted by atomic mass is 15.3. The number of hydrogen-bond donors (Lipinski definition) is 1. The molecule has 108 valence electrons. The molecule has 0 radical (unpaired) electrons. The zero-order valence-corrected chi connectivity index (χ0v) is 12.5. The molecule has 3 nitrogen and oxygen atoms in total. The van der Waals surface area contributed by atoms with Gasteiger partial charge >= 0.3 is 0 Å². The van der Waals surface area contributed by atoms with Crippen LogP contribution in [0.25, 0.3) is 0 Å². The molecule has 0 aliphatic heterocycles. The van der Waals surface area contributed by atoms with Crippen molar-refractivity contribution in [2.75, 3.05) is 0 Å². The maximum absolute atomic E-state index is 6.29. The van der Waals surface area contributed by atoms with Gasteiger partial charge in [-0.25, -0.2) is 0 Å². The van der Waals surface area contributed by atoms with Crippen LogP contribution in [0.3, 0.4) is 0 Å². The van der Waals surface area contributed by atoms with Crippen molar-refractivity contribution in [3.05, 3.63) is 53.3 Å². The molecule has 1 unspecified atom stereocenters. The summed E-state index contributed by atoms with van der Waals surface area (Å²) < 4.78 is 2.08. The Morgan fingerprint density at radius 3 is 2.60 bits per heavy atom. The minimum Gasteiger partial charge on any atom is -0.327 e. The number of aryl methyl sites for hydroxylation is 3. The molecule has 0 amide bonds. The minimum atomic E-state index is 0.196. The lowest BCUT2D eigenvalue weighted by Gasteiger charge is -2.12. The summed E-state index contributed by atoms with van der Waals surface area (Å²) in [5, 5.41) is 4.58. The Morgan fingerprint density at radius 2 is 1.95 bits per heavy atom. The molecule has 1 aromatic heterocycles. The van der Waals surface area contributed by atoms with Crippen LogP contribution in [-0.2, 0) is 25.8 Å². The van der Waals surface area contributed by atoms with Crippen molar-refractivity contribution >= 4 is 0 Å². The van der Waals surface area contributed by atoms with E-state index in [0.717, 1.165) is 37.9 Å². The normalized spacial score (nSPS) is 12.6. The first-order chi connectivity index (χ1) is 9.72. The van der Waals surface area contributed by atoms with Crippen molar-refractivity contribution in [1.29, 1.82) is 0 Å². The first kappa shape index (κ1) is 14.8. The number of hydrogen-bond acceptors (Lipinski definition) is 2. The molecule has 2 N–H and O–H groups in total. The van der Waals surface area contributed by atoms with Gasteiger partial charge in [0.25, 0.3) is 0 Å². The summed E-state index contributed by atoms with van der Waals surface area (Å²) in [5.41, 5.74) is 10.1. The highest BCUT2D eigenvalue weighted by Gasteiger charge is 2.10. The van der Waals surface area contributed by atoms with Crippen LogP contribution in [0.4, 0.5) is 0 Å². The molecule has 0 saturated heterocycles. The number of aromatic nitrogens is 2. The highest BCUT2D eigenvalue weighted by Crippen LogP contribution is 2.11. The monoisotopic (exact) mass is 271 g/mol. The lowest BCUT2D eigenvalue weighted by molar-refractivity contribution is 0.553. The number of benzene rings is 1. The van der Waals surface area contributed by atoms with Gasteiger partial charge in [0.1, 0.15) is 0 Å². The molecule has 2 rings (SSSR count). The van der Waals surface area contributed by atoms with Crippen molar-refractivity contribution in [3.8, 4) is 0 Å². The summed E-state index contributed by atoms with van der Waals surface area (Å²) in [6.45, 7) is 5.19. The summed E-state index contributed by atoms with van der Waals surface area (Å²) in [6, 6.07) is 12.9. The van der Waals surface area contributed by atoms with Crippen LogP contribution in [-0.4, -0.2) is 15.8 Å². The van der Waals surface area contributed by atoms with E-state index in [-0.39, 0.29) is 6.04 Å². The van der Waals surface area contributed by atoms with Crippen LogP contribution in [0.15, 0.2) is 36.4 Å². The molecule has 0 bridgehead atoms. The Morgan fingerprint density at radius 1 is 1.20 bits per heavy atom. The van der Waals surface area contributed by atoms with Gasteiger partial charge in [0, 0.05) is 24.7 Å². The predicted octanol–water partition coefficient (Wildman–Crippen LogP) is 2.97. The summed E-state index contributed by atoms with van der Waals surface area (Å²) in [7, 11) is 0. The van der Waals surface area contributed by atoms with Crippen LogP contribution in [0.2, 0.25) is 0 Å².